The van der Waals surface area contributed by atoms with Gasteiger partial charge in [0.15, 0.2) is 11.4 Å². The molecule has 0 fully saturated rings. The summed E-state index contributed by atoms with van der Waals surface area (Å²) in [6, 6.07) is 12.4. The number of aliphatic hydroxyl groups is 1. The van der Waals surface area contributed by atoms with Gasteiger partial charge in [-0.25, -0.2) is 0 Å². The van der Waals surface area contributed by atoms with E-state index in [1.54, 1.807) is 30.3 Å². The second kappa shape index (κ2) is 5.91. The fourth-order valence-electron chi connectivity index (χ4n) is 2.78. The minimum absolute atomic E-state index is 0.279. The van der Waals surface area contributed by atoms with E-state index < -0.39 is 11.5 Å². The van der Waals surface area contributed by atoms with Gasteiger partial charge in [-0.3, -0.25) is 9.59 Å². The molecule has 1 aliphatic heterocycles. The van der Waals surface area contributed by atoms with Gasteiger partial charge >= 0.3 is 0 Å². The molecule has 2 N–H and O–H groups in total. The van der Waals surface area contributed by atoms with Crippen LogP contribution in [0.5, 0.6) is 0 Å². The molecule has 0 aromatic heterocycles. The molecule has 23 heavy (non-hydrogen) atoms. The van der Waals surface area contributed by atoms with Gasteiger partial charge in [-0.15, -0.1) is 0 Å². The van der Waals surface area contributed by atoms with Gasteiger partial charge in [-0.2, -0.15) is 0 Å². The van der Waals surface area contributed by atoms with E-state index in [0.717, 1.165) is 16.5 Å². The highest BCUT2D eigenvalue weighted by Crippen LogP contribution is 2.39. The van der Waals surface area contributed by atoms with Crippen molar-refractivity contribution < 1.29 is 14.7 Å². The van der Waals surface area contributed by atoms with E-state index in [-0.39, 0.29) is 12.2 Å². The Bertz CT molecular complexity index is 803. The van der Waals surface area contributed by atoms with E-state index in [4.69, 9.17) is 0 Å². The molecule has 0 unspecified atom stereocenters. The average molecular weight is 374 g/mol. The Hall–Kier alpha value is -1.98. The summed E-state index contributed by atoms with van der Waals surface area (Å²) in [6.07, 6.45) is 0.507. The third kappa shape index (κ3) is 2.82. The first kappa shape index (κ1) is 15.9. The summed E-state index contributed by atoms with van der Waals surface area (Å²) in [5.41, 5.74) is 0.691. The van der Waals surface area contributed by atoms with Crippen molar-refractivity contribution in [2.75, 3.05) is 5.32 Å². The molecule has 2 aromatic rings. The average Bonchev–Trinajstić information content (AvgIpc) is 2.78. The third-order valence-electron chi connectivity index (χ3n) is 4.12. The zero-order valence-corrected chi connectivity index (χ0v) is 14.2. The Morgan fingerprint density at radius 1 is 1.26 bits per heavy atom. The summed E-state index contributed by atoms with van der Waals surface area (Å²) in [7, 11) is 0. The van der Waals surface area contributed by atoms with E-state index in [0.29, 0.717) is 16.8 Å². The van der Waals surface area contributed by atoms with Gasteiger partial charge in [0.1, 0.15) is 0 Å². The lowest BCUT2D eigenvalue weighted by atomic mass is 9.87. The number of amides is 1. The minimum Gasteiger partial charge on any atom is -0.375 e. The number of rotatable bonds is 4. The molecule has 0 saturated carbocycles. The molecule has 0 saturated heterocycles. The maximum absolute atomic E-state index is 12.5. The summed E-state index contributed by atoms with van der Waals surface area (Å²) in [6.45, 7) is 2.00. The first-order valence-corrected chi connectivity index (χ1v) is 8.19. The van der Waals surface area contributed by atoms with Gasteiger partial charge in [0.05, 0.1) is 6.42 Å². The summed E-state index contributed by atoms with van der Waals surface area (Å²) in [5.74, 6) is -0.831. The highest BCUT2D eigenvalue weighted by atomic mass is 79.9. The molecule has 2 aromatic carbocycles. The molecule has 4 nitrogen and oxygen atoms in total. The SMILES string of the molecule is CCc1ccc2c(c1)[C@](O)(CC(=O)c1cccc(Br)c1)C(=O)N2. The lowest BCUT2D eigenvalue weighted by Crippen LogP contribution is -2.36. The predicted molar refractivity (Wildman–Crippen MR) is 91.4 cm³/mol. The summed E-state index contributed by atoms with van der Waals surface area (Å²) in [5, 5.41) is 13.5. The lowest BCUT2D eigenvalue weighted by Gasteiger charge is -2.20. The van der Waals surface area contributed by atoms with Crippen LogP contribution in [0.15, 0.2) is 46.9 Å². The van der Waals surface area contributed by atoms with Crippen LogP contribution in [-0.4, -0.2) is 16.8 Å². The van der Waals surface area contributed by atoms with E-state index >= 15 is 0 Å². The number of carbonyl (C=O) groups is 2. The summed E-state index contributed by atoms with van der Waals surface area (Å²) < 4.78 is 0.778. The Labute approximate surface area is 142 Å². The Morgan fingerprint density at radius 2 is 2.04 bits per heavy atom. The second-order valence-electron chi connectivity index (χ2n) is 5.66. The van der Waals surface area contributed by atoms with E-state index in [9.17, 15) is 14.7 Å². The number of nitrogens with one attached hydrogen (secondary N) is 1. The molecule has 118 valence electrons. The van der Waals surface area contributed by atoms with Crippen molar-refractivity contribution in [1.29, 1.82) is 0 Å². The number of anilines is 1. The maximum Gasteiger partial charge on any atom is 0.261 e. The van der Waals surface area contributed by atoms with Gasteiger partial charge in [-0.1, -0.05) is 47.1 Å². The highest BCUT2D eigenvalue weighted by Gasteiger charge is 2.46. The number of hydrogen-bond acceptors (Lipinski definition) is 3. The molecular weight excluding hydrogens is 358 g/mol. The molecule has 1 amide bonds. The first-order valence-electron chi connectivity index (χ1n) is 7.40. The van der Waals surface area contributed by atoms with Crippen LogP contribution in [0.1, 0.15) is 34.8 Å². The van der Waals surface area contributed by atoms with Crippen LogP contribution in [0, 0.1) is 0 Å². The van der Waals surface area contributed by atoms with Gasteiger partial charge in [-0.05, 0) is 30.2 Å². The number of ketones is 1. The number of fused-ring (bicyclic) bond motifs is 1. The smallest absolute Gasteiger partial charge is 0.261 e. The van der Waals surface area contributed by atoms with Crippen LogP contribution in [0.4, 0.5) is 5.69 Å². The molecular formula is C18H16BrNO3. The quantitative estimate of drug-likeness (QED) is 0.806. The van der Waals surface area contributed by atoms with Crippen molar-refractivity contribution in [3.8, 4) is 0 Å². The standard InChI is InChI=1S/C18H16BrNO3/c1-2-11-6-7-15-14(8-11)18(23,17(22)20-15)10-16(21)12-4-3-5-13(19)9-12/h3-9,23H,2,10H2,1H3,(H,20,22)/t18-/m1/s1. The van der Waals surface area contributed by atoms with Gasteiger partial charge in [0.2, 0.25) is 0 Å². The van der Waals surface area contributed by atoms with E-state index in [2.05, 4.69) is 21.2 Å². The summed E-state index contributed by atoms with van der Waals surface area (Å²) in [4.78, 5) is 24.8. The highest BCUT2D eigenvalue weighted by molar-refractivity contribution is 9.10. The van der Waals surface area contributed by atoms with Crippen molar-refractivity contribution >= 4 is 33.3 Å². The van der Waals surface area contributed by atoms with Crippen molar-refractivity contribution in [2.24, 2.45) is 0 Å². The van der Waals surface area contributed by atoms with Crippen LogP contribution in [0.2, 0.25) is 0 Å². The van der Waals surface area contributed by atoms with Crippen LogP contribution < -0.4 is 5.32 Å². The van der Waals surface area contributed by atoms with E-state index in [1.807, 2.05) is 19.1 Å². The van der Waals surface area contributed by atoms with Gasteiger partial charge in [0.25, 0.3) is 5.91 Å². The fourth-order valence-corrected chi connectivity index (χ4v) is 3.18. The van der Waals surface area contributed by atoms with Crippen molar-refractivity contribution in [2.45, 2.75) is 25.4 Å². The predicted octanol–water partition coefficient (Wildman–Crippen LogP) is 3.42. The number of hydrogen-bond donors (Lipinski definition) is 2. The largest absolute Gasteiger partial charge is 0.375 e. The van der Waals surface area contributed by atoms with Crippen molar-refractivity contribution in [3.63, 3.8) is 0 Å². The number of Topliss-reactive ketones (excluding diaryl/α,β-unsaturated/α-hetero) is 1. The fraction of sp³-hybridized carbons (Fsp3) is 0.222. The number of benzene rings is 2. The molecule has 1 atom stereocenters. The molecule has 0 bridgehead atoms. The zero-order valence-electron chi connectivity index (χ0n) is 12.6. The molecule has 0 aliphatic carbocycles. The van der Waals surface area contributed by atoms with Crippen molar-refractivity contribution in [1.82, 2.24) is 0 Å². The lowest BCUT2D eigenvalue weighted by molar-refractivity contribution is -0.133. The number of aryl methyl sites for hydroxylation is 1. The Balaban J connectivity index is 1.96. The third-order valence-corrected chi connectivity index (χ3v) is 4.62. The topological polar surface area (TPSA) is 66.4 Å². The molecule has 0 spiro atoms. The van der Waals surface area contributed by atoms with Crippen LogP contribution in [0.25, 0.3) is 0 Å². The Kier molecular flexibility index (Phi) is 4.08. The van der Waals surface area contributed by atoms with Crippen molar-refractivity contribution in [3.05, 3.63) is 63.6 Å². The molecule has 1 aliphatic rings. The molecule has 1 heterocycles. The molecule has 3 rings (SSSR count). The van der Waals surface area contributed by atoms with Crippen LogP contribution in [-0.2, 0) is 16.8 Å². The summed E-state index contributed by atoms with van der Waals surface area (Å²) >= 11 is 3.32. The van der Waals surface area contributed by atoms with Gasteiger partial charge in [0, 0.05) is 21.3 Å². The minimum atomic E-state index is -1.82. The van der Waals surface area contributed by atoms with Gasteiger partial charge < -0.3 is 10.4 Å². The normalized spacial score (nSPS) is 19.3. The Morgan fingerprint density at radius 3 is 2.74 bits per heavy atom. The zero-order chi connectivity index (χ0) is 16.6. The van der Waals surface area contributed by atoms with Crippen LogP contribution >= 0.6 is 15.9 Å². The van der Waals surface area contributed by atoms with E-state index in [1.165, 1.54) is 0 Å². The second-order valence-corrected chi connectivity index (χ2v) is 6.57. The molecule has 5 heteroatoms. The maximum atomic E-state index is 12.5. The first-order chi connectivity index (χ1) is 10.9. The monoisotopic (exact) mass is 373 g/mol. The van der Waals surface area contributed by atoms with Crippen LogP contribution in [0.3, 0.4) is 0 Å². The number of halogens is 1. The number of carbonyl (C=O) groups excluding carboxylic acids is 2. The molecule has 0 radical (unpaired) electrons.